The number of carbonyl (C=O) groups excluding carboxylic acids is 1. The summed E-state index contributed by atoms with van der Waals surface area (Å²) in [6, 6.07) is 4.35. The number of amides is 1. The molecule has 8 heteroatoms. The SMILES string of the molecule is Cc1ccc(Nc2c(C(=O)NOCC3CC3)cc(F)c(F)c2P)cn1. The Morgan fingerprint density at radius 3 is 2.80 bits per heavy atom. The number of carbonyl (C=O) groups is 1. The summed E-state index contributed by atoms with van der Waals surface area (Å²) in [5.74, 6) is -2.34. The van der Waals surface area contributed by atoms with Gasteiger partial charge < -0.3 is 5.32 Å². The molecule has 132 valence electrons. The lowest BCUT2D eigenvalue weighted by Crippen LogP contribution is -2.27. The van der Waals surface area contributed by atoms with Gasteiger partial charge in [-0.05, 0) is 43.9 Å². The quantitative estimate of drug-likeness (QED) is 0.610. The second kappa shape index (κ2) is 7.42. The van der Waals surface area contributed by atoms with Gasteiger partial charge in [-0.2, -0.15) is 0 Å². The molecule has 1 aliphatic rings. The van der Waals surface area contributed by atoms with Gasteiger partial charge in [0, 0.05) is 11.0 Å². The van der Waals surface area contributed by atoms with Crippen LogP contribution in [0.4, 0.5) is 20.2 Å². The fraction of sp³-hybridized carbons (Fsp3) is 0.294. The van der Waals surface area contributed by atoms with Crippen LogP contribution in [0.15, 0.2) is 24.4 Å². The Balaban J connectivity index is 1.86. The van der Waals surface area contributed by atoms with Crippen molar-refractivity contribution in [3.63, 3.8) is 0 Å². The summed E-state index contributed by atoms with van der Waals surface area (Å²) in [5, 5.41) is 2.85. The molecule has 2 N–H and O–H groups in total. The number of pyridine rings is 1. The molecule has 1 aliphatic carbocycles. The lowest BCUT2D eigenvalue weighted by molar-refractivity contribution is 0.0270. The number of hydroxylamine groups is 1. The molecule has 3 rings (SSSR count). The molecular weight excluding hydrogens is 347 g/mol. The van der Waals surface area contributed by atoms with E-state index in [1.807, 2.05) is 6.92 Å². The molecule has 1 aromatic carbocycles. The van der Waals surface area contributed by atoms with E-state index in [0.717, 1.165) is 24.6 Å². The normalized spacial score (nSPS) is 13.6. The third-order valence-corrected chi connectivity index (χ3v) is 4.40. The van der Waals surface area contributed by atoms with Gasteiger partial charge in [-0.25, -0.2) is 14.3 Å². The van der Waals surface area contributed by atoms with Crippen molar-refractivity contribution in [2.75, 3.05) is 11.9 Å². The lowest BCUT2D eigenvalue weighted by Gasteiger charge is -2.16. The van der Waals surface area contributed by atoms with E-state index >= 15 is 0 Å². The van der Waals surface area contributed by atoms with Crippen LogP contribution in [0.3, 0.4) is 0 Å². The molecule has 2 aromatic rings. The Morgan fingerprint density at radius 2 is 2.16 bits per heavy atom. The third-order valence-electron chi connectivity index (χ3n) is 3.86. The summed E-state index contributed by atoms with van der Waals surface area (Å²) in [5.41, 5.74) is 3.73. The van der Waals surface area contributed by atoms with Gasteiger partial charge in [0.15, 0.2) is 11.6 Å². The molecule has 1 amide bonds. The van der Waals surface area contributed by atoms with Crippen LogP contribution in [0.1, 0.15) is 28.9 Å². The van der Waals surface area contributed by atoms with Crippen LogP contribution in [0, 0.1) is 24.5 Å². The van der Waals surface area contributed by atoms with E-state index in [1.54, 1.807) is 18.3 Å². The largest absolute Gasteiger partial charge is 0.353 e. The van der Waals surface area contributed by atoms with Gasteiger partial charge in [0.2, 0.25) is 0 Å². The van der Waals surface area contributed by atoms with Crippen molar-refractivity contribution in [1.82, 2.24) is 10.5 Å². The molecule has 0 radical (unpaired) electrons. The van der Waals surface area contributed by atoms with Gasteiger partial charge in [0.25, 0.3) is 5.91 Å². The van der Waals surface area contributed by atoms with Crippen molar-refractivity contribution in [3.8, 4) is 0 Å². The molecule has 1 aromatic heterocycles. The van der Waals surface area contributed by atoms with Gasteiger partial charge in [-0.15, -0.1) is 9.24 Å². The van der Waals surface area contributed by atoms with Crippen LogP contribution in [-0.4, -0.2) is 17.5 Å². The van der Waals surface area contributed by atoms with Gasteiger partial charge >= 0.3 is 0 Å². The maximum absolute atomic E-state index is 14.0. The molecule has 25 heavy (non-hydrogen) atoms. The number of nitrogens with zero attached hydrogens (tertiary/aromatic N) is 1. The van der Waals surface area contributed by atoms with E-state index in [1.165, 1.54) is 0 Å². The van der Waals surface area contributed by atoms with Crippen LogP contribution in [0.2, 0.25) is 0 Å². The molecule has 0 spiro atoms. The standard InChI is InChI=1S/C17H18F2N3O2P/c1-9-2-5-11(7-20-9)21-15-12(6-13(18)14(19)16(15)25)17(23)22-24-8-10-3-4-10/h2,5-7,10,21H,3-4,8,25H2,1H3,(H,22,23). The zero-order chi connectivity index (χ0) is 18.0. The van der Waals surface area contributed by atoms with Crippen molar-refractivity contribution in [2.45, 2.75) is 19.8 Å². The molecule has 1 heterocycles. The molecule has 1 unspecified atom stereocenters. The minimum absolute atomic E-state index is 0.0553. The second-order valence-electron chi connectivity index (χ2n) is 6.01. The Hall–Kier alpha value is -2.11. The van der Waals surface area contributed by atoms with Crippen LogP contribution >= 0.6 is 9.24 Å². The third kappa shape index (κ3) is 4.30. The zero-order valence-electron chi connectivity index (χ0n) is 13.6. The number of hydrogen-bond acceptors (Lipinski definition) is 4. The van der Waals surface area contributed by atoms with Crippen molar-refractivity contribution < 1.29 is 18.4 Å². The number of hydrogen-bond donors (Lipinski definition) is 2. The summed E-state index contributed by atoms with van der Waals surface area (Å²) in [6.45, 7) is 2.24. The van der Waals surface area contributed by atoms with Crippen LogP contribution < -0.4 is 16.1 Å². The summed E-state index contributed by atoms with van der Waals surface area (Å²) in [6.07, 6.45) is 3.69. The van der Waals surface area contributed by atoms with Crippen molar-refractivity contribution in [2.24, 2.45) is 5.92 Å². The van der Waals surface area contributed by atoms with E-state index in [0.29, 0.717) is 18.2 Å². The first-order chi connectivity index (χ1) is 12.0. The Bertz CT molecular complexity index is 795. The first-order valence-corrected chi connectivity index (χ1v) is 8.42. The highest BCUT2D eigenvalue weighted by Gasteiger charge is 2.24. The Kier molecular flexibility index (Phi) is 5.25. The van der Waals surface area contributed by atoms with Gasteiger partial charge in [0.05, 0.1) is 29.7 Å². The fourth-order valence-electron chi connectivity index (χ4n) is 2.21. The minimum Gasteiger partial charge on any atom is -0.353 e. The molecule has 0 bridgehead atoms. The number of aryl methyl sites for hydroxylation is 1. The number of nitrogens with one attached hydrogen (secondary N) is 2. The molecular formula is C17H18F2N3O2P. The highest BCUT2D eigenvalue weighted by atomic mass is 31.0. The van der Waals surface area contributed by atoms with Gasteiger partial charge in [-0.1, -0.05) is 0 Å². The molecule has 0 saturated heterocycles. The second-order valence-corrected chi connectivity index (χ2v) is 6.58. The molecule has 5 nitrogen and oxygen atoms in total. The number of benzene rings is 1. The monoisotopic (exact) mass is 365 g/mol. The number of rotatable bonds is 6. The van der Waals surface area contributed by atoms with Crippen LogP contribution in [0.25, 0.3) is 0 Å². The van der Waals surface area contributed by atoms with E-state index < -0.39 is 17.5 Å². The summed E-state index contributed by atoms with van der Waals surface area (Å²) >= 11 is 0. The average molecular weight is 365 g/mol. The van der Waals surface area contributed by atoms with E-state index in [9.17, 15) is 13.6 Å². The predicted octanol–water partition coefficient (Wildman–Crippen LogP) is 2.98. The highest BCUT2D eigenvalue weighted by molar-refractivity contribution is 7.28. The van der Waals surface area contributed by atoms with Crippen molar-refractivity contribution >= 4 is 31.8 Å². The summed E-state index contributed by atoms with van der Waals surface area (Å²) < 4.78 is 27.7. The fourth-order valence-corrected chi connectivity index (χ4v) is 2.58. The number of anilines is 2. The zero-order valence-corrected chi connectivity index (χ0v) is 14.8. The smallest absolute Gasteiger partial charge is 0.277 e. The number of halogens is 2. The van der Waals surface area contributed by atoms with Crippen LogP contribution in [-0.2, 0) is 4.84 Å². The summed E-state index contributed by atoms with van der Waals surface area (Å²) in [7, 11) is 2.12. The maximum atomic E-state index is 14.0. The Labute approximate surface area is 146 Å². The molecule has 1 atom stereocenters. The van der Waals surface area contributed by atoms with Crippen molar-refractivity contribution in [3.05, 3.63) is 47.3 Å². The van der Waals surface area contributed by atoms with Crippen molar-refractivity contribution in [1.29, 1.82) is 0 Å². The summed E-state index contributed by atoms with van der Waals surface area (Å²) in [4.78, 5) is 21.6. The van der Waals surface area contributed by atoms with E-state index in [4.69, 9.17) is 4.84 Å². The minimum atomic E-state index is -1.11. The highest BCUT2D eigenvalue weighted by Crippen LogP contribution is 2.28. The molecule has 1 fully saturated rings. The van der Waals surface area contributed by atoms with Gasteiger partial charge in [-0.3, -0.25) is 14.6 Å². The first kappa shape index (κ1) is 17.7. The predicted molar refractivity (Wildman–Crippen MR) is 94.1 cm³/mol. The average Bonchev–Trinajstić information content (AvgIpc) is 3.41. The van der Waals surface area contributed by atoms with Gasteiger partial charge in [0.1, 0.15) is 0 Å². The van der Waals surface area contributed by atoms with E-state index in [2.05, 4.69) is 25.0 Å². The molecule has 0 aliphatic heterocycles. The molecule has 1 saturated carbocycles. The number of aromatic nitrogens is 1. The topological polar surface area (TPSA) is 63.2 Å². The lowest BCUT2D eigenvalue weighted by atomic mass is 10.1. The van der Waals surface area contributed by atoms with E-state index in [-0.39, 0.29) is 16.6 Å². The maximum Gasteiger partial charge on any atom is 0.277 e. The van der Waals surface area contributed by atoms with Crippen LogP contribution in [0.5, 0.6) is 0 Å². The first-order valence-electron chi connectivity index (χ1n) is 7.85. The Morgan fingerprint density at radius 1 is 1.40 bits per heavy atom.